The molecule has 0 spiro atoms. The third-order valence-electron chi connectivity index (χ3n) is 2.32. The number of nitrogens with one attached hydrogen (secondary N) is 1. The highest BCUT2D eigenvalue weighted by Gasteiger charge is 2.18. The molecule has 0 radical (unpaired) electrons. The predicted molar refractivity (Wildman–Crippen MR) is 72.5 cm³/mol. The normalized spacial score (nSPS) is 11.1. The van der Waals surface area contributed by atoms with Gasteiger partial charge in [0.15, 0.2) is 5.82 Å². The van der Waals surface area contributed by atoms with Gasteiger partial charge in [0.2, 0.25) is 10.0 Å². The molecule has 1 heterocycles. The fourth-order valence-corrected chi connectivity index (χ4v) is 2.62. The maximum Gasteiger partial charge on any atom is 0.341 e. The molecule has 0 amide bonds. The summed E-state index contributed by atoms with van der Waals surface area (Å²) >= 11 is 0. The van der Waals surface area contributed by atoms with Crippen molar-refractivity contribution in [3.8, 4) is 0 Å². The zero-order chi connectivity index (χ0) is 14.3. The van der Waals surface area contributed by atoms with E-state index in [0.717, 1.165) is 6.42 Å². The molecule has 0 atom stereocenters. The Bertz CT molecular complexity index is 528. The molecule has 0 bridgehead atoms. The van der Waals surface area contributed by atoms with Crippen molar-refractivity contribution < 1.29 is 17.9 Å². The van der Waals surface area contributed by atoms with Crippen molar-refractivity contribution in [2.75, 3.05) is 17.1 Å². The Labute approximate surface area is 113 Å². The summed E-state index contributed by atoms with van der Waals surface area (Å²) in [5.74, 6) is -0.580. The number of unbranched alkanes of at least 4 members (excludes halogenated alkanes) is 1. The van der Waals surface area contributed by atoms with E-state index in [-0.39, 0.29) is 23.7 Å². The van der Waals surface area contributed by atoms with Crippen LogP contribution in [0.5, 0.6) is 0 Å². The number of hydrogen-bond donors (Lipinski definition) is 1. The van der Waals surface area contributed by atoms with E-state index < -0.39 is 16.0 Å². The highest BCUT2D eigenvalue weighted by Crippen LogP contribution is 2.15. The number of rotatable bonds is 7. The molecule has 0 aliphatic rings. The first-order valence-corrected chi connectivity index (χ1v) is 7.78. The summed E-state index contributed by atoms with van der Waals surface area (Å²) in [6.45, 7) is 3.80. The Kier molecular flexibility index (Phi) is 5.75. The molecule has 0 saturated heterocycles. The molecule has 0 aromatic carbocycles. The number of sulfonamides is 1. The quantitative estimate of drug-likeness (QED) is 0.772. The van der Waals surface area contributed by atoms with Crippen LogP contribution in [-0.4, -0.2) is 31.7 Å². The van der Waals surface area contributed by atoms with Crippen LogP contribution in [0.4, 0.5) is 5.82 Å². The number of hydrogen-bond acceptors (Lipinski definition) is 5. The first kappa shape index (κ1) is 15.4. The zero-order valence-corrected chi connectivity index (χ0v) is 11.9. The first-order valence-electron chi connectivity index (χ1n) is 6.12. The number of nitrogens with zero attached hydrogens (tertiary/aromatic N) is 1. The third kappa shape index (κ3) is 4.86. The number of aromatic nitrogens is 1. The molecule has 1 aromatic rings. The van der Waals surface area contributed by atoms with Crippen molar-refractivity contribution in [1.82, 2.24) is 4.98 Å². The largest absolute Gasteiger partial charge is 0.462 e. The summed E-state index contributed by atoms with van der Waals surface area (Å²) < 4.78 is 30.7. The predicted octanol–water partition coefficient (Wildman–Crippen LogP) is 1.80. The van der Waals surface area contributed by atoms with Crippen LogP contribution >= 0.6 is 0 Å². The molecule has 0 saturated carbocycles. The number of anilines is 1. The Hall–Kier alpha value is -1.63. The monoisotopic (exact) mass is 286 g/mol. The van der Waals surface area contributed by atoms with Gasteiger partial charge >= 0.3 is 5.97 Å². The van der Waals surface area contributed by atoms with E-state index in [0.29, 0.717) is 6.42 Å². The molecule has 106 valence electrons. The number of carbonyl (C=O) groups excluding carboxylic acids is 1. The van der Waals surface area contributed by atoms with Gasteiger partial charge in [-0.3, -0.25) is 4.72 Å². The van der Waals surface area contributed by atoms with Crippen molar-refractivity contribution in [2.45, 2.75) is 26.7 Å². The highest BCUT2D eigenvalue weighted by atomic mass is 32.2. The van der Waals surface area contributed by atoms with Crippen LogP contribution in [0.25, 0.3) is 0 Å². The zero-order valence-electron chi connectivity index (χ0n) is 11.0. The van der Waals surface area contributed by atoms with Gasteiger partial charge in [-0.1, -0.05) is 13.3 Å². The van der Waals surface area contributed by atoms with E-state index in [4.69, 9.17) is 4.74 Å². The standard InChI is InChI=1S/C12H18N2O4S/c1-3-5-9-19(16,17)14-11-10(7-6-8-13-11)12(15)18-4-2/h6-8H,3-5,9H2,1-2H3,(H,13,14). The van der Waals surface area contributed by atoms with Crippen LogP contribution < -0.4 is 4.72 Å². The van der Waals surface area contributed by atoms with E-state index in [2.05, 4.69) is 9.71 Å². The third-order valence-corrected chi connectivity index (χ3v) is 3.65. The van der Waals surface area contributed by atoms with Crippen molar-refractivity contribution in [1.29, 1.82) is 0 Å². The number of ether oxygens (including phenoxy) is 1. The molecular weight excluding hydrogens is 268 g/mol. The summed E-state index contributed by atoms with van der Waals surface area (Å²) in [5, 5.41) is 0. The van der Waals surface area contributed by atoms with Crippen molar-refractivity contribution in [3.63, 3.8) is 0 Å². The molecule has 19 heavy (non-hydrogen) atoms. The van der Waals surface area contributed by atoms with Crippen molar-refractivity contribution >= 4 is 21.8 Å². The topological polar surface area (TPSA) is 85.4 Å². The molecule has 1 rings (SSSR count). The second-order valence-corrected chi connectivity index (χ2v) is 5.74. The number of carbonyl (C=O) groups is 1. The first-order chi connectivity index (χ1) is 9.00. The molecule has 0 aliphatic heterocycles. The van der Waals surface area contributed by atoms with Gasteiger partial charge in [-0.2, -0.15) is 0 Å². The average Bonchev–Trinajstić information content (AvgIpc) is 2.37. The summed E-state index contributed by atoms with van der Waals surface area (Å²) in [6, 6.07) is 3.03. The SMILES string of the molecule is CCCCS(=O)(=O)Nc1ncccc1C(=O)OCC. The lowest BCUT2D eigenvalue weighted by Crippen LogP contribution is -2.20. The van der Waals surface area contributed by atoms with E-state index >= 15 is 0 Å². The molecular formula is C12H18N2O4S. The fourth-order valence-electron chi connectivity index (χ4n) is 1.39. The van der Waals surface area contributed by atoms with E-state index in [9.17, 15) is 13.2 Å². The van der Waals surface area contributed by atoms with Crippen LogP contribution in [0, 0.1) is 0 Å². The van der Waals surface area contributed by atoms with Gasteiger partial charge in [0.25, 0.3) is 0 Å². The smallest absolute Gasteiger partial charge is 0.341 e. The van der Waals surface area contributed by atoms with Crippen LogP contribution in [0.2, 0.25) is 0 Å². The maximum absolute atomic E-state index is 11.8. The van der Waals surface area contributed by atoms with Gasteiger partial charge in [-0.05, 0) is 25.5 Å². The lowest BCUT2D eigenvalue weighted by Gasteiger charge is -2.10. The Morgan fingerprint density at radius 3 is 2.79 bits per heavy atom. The molecule has 7 heteroatoms. The minimum absolute atomic E-state index is 0.00232. The van der Waals surface area contributed by atoms with Gasteiger partial charge < -0.3 is 4.74 Å². The van der Waals surface area contributed by atoms with Gasteiger partial charge in [-0.15, -0.1) is 0 Å². The second kappa shape index (κ2) is 7.08. The van der Waals surface area contributed by atoms with Crippen molar-refractivity contribution in [3.05, 3.63) is 23.9 Å². The minimum Gasteiger partial charge on any atom is -0.462 e. The molecule has 1 N–H and O–H groups in total. The summed E-state index contributed by atoms with van der Waals surface area (Å²) in [5.41, 5.74) is 0.115. The summed E-state index contributed by atoms with van der Waals surface area (Å²) in [6.07, 6.45) is 2.74. The molecule has 0 fully saturated rings. The van der Waals surface area contributed by atoms with E-state index in [1.807, 2.05) is 6.92 Å². The van der Waals surface area contributed by atoms with Gasteiger partial charge in [0.05, 0.1) is 12.4 Å². The van der Waals surface area contributed by atoms with Crippen LogP contribution in [0.3, 0.4) is 0 Å². The van der Waals surface area contributed by atoms with E-state index in [1.165, 1.54) is 12.3 Å². The molecule has 6 nitrogen and oxygen atoms in total. The lowest BCUT2D eigenvalue weighted by atomic mass is 10.2. The summed E-state index contributed by atoms with van der Waals surface area (Å²) in [4.78, 5) is 15.6. The van der Waals surface area contributed by atoms with Gasteiger partial charge in [0.1, 0.15) is 5.56 Å². The molecule has 0 aliphatic carbocycles. The van der Waals surface area contributed by atoms with Gasteiger partial charge in [0, 0.05) is 6.20 Å². The minimum atomic E-state index is -3.49. The second-order valence-electron chi connectivity index (χ2n) is 3.89. The number of pyridine rings is 1. The Morgan fingerprint density at radius 2 is 2.16 bits per heavy atom. The Morgan fingerprint density at radius 1 is 1.42 bits per heavy atom. The van der Waals surface area contributed by atoms with Crippen LogP contribution in [-0.2, 0) is 14.8 Å². The van der Waals surface area contributed by atoms with Crippen LogP contribution in [0.1, 0.15) is 37.0 Å². The molecule has 0 unspecified atom stereocenters. The summed E-state index contributed by atoms with van der Waals surface area (Å²) in [7, 11) is -3.49. The Balaban J connectivity index is 2.92. The fraction of sp³-hybridized carbons (Fsp3) is 0.500. The van der Waals surface area contributed by atoms with Crippen LogP contribution in [0.15, 0.2) is 18.3 Å². The van der Waals surface area contributed by atoms with E-state index in [1.54, 1.807) is 13.0 Å². The lowest BCUT2D eigenvalue weighted by molar-refractivity contribution is 0.0527. The van der Waals surface area contributed by atoms with Gasteiger partial charge in [-0.25, -0.2) is 18.2 Å². The van der Waals surface area contributed by atoms with Crippen molar-refractivity contribution in [2.24, 2.45) is 0 Å². The maximum atomic E-state index is 11.8. The highest BCUT2D eigenvalue weighted by molar-refractivity contribution is 7.92. The number of esters is 1. The molecule has 1 aromatic heterocycles. The average molecular weight is 286 g/mol.